The Bertz CT molecular complexity index is 746. The Morgan fingerprint density at radius 1 is 1.21 bits per heavy atom. The van der Waals surface area contributed by atoms with E-state index in [1.165, 1.54) is 16.2 Å². The third-order valence-electron chi connectivity index (χ3n) is 2.86. The summed E-state index contributed by atoms with van der Waals surface area (Å²) in [5.41, 5.74) is 6.04. The average molecular weight is 275 g/mol. The summed E-state index contributed by atoms with van der Waals surface area (Å²) in [6, 6.07) is 7.29. The number of thiocarbonyl (C=S) groups is 1. The number of hydrogen-bond donors (Lipinski definition) is 1. The zero-order chi connectivity index (χ0) is 14.0. The fourth-order valence-electron chi connectivity index (χ4n) is 1.80. The van der Waals surface area contributed by atoms with E-state index in [4.69, 9.17) is 18.0 Å². The van der Waals surface area contributed by atoms with E-state index in [0.717, 1.165) is 5.56 Å². The monoisotopic (exact) mass is 275 g/mol. The van der Waals surface area contributed by atoms with Gasteiger partial charge in [0.1, 0.15) is 4.99 Å². The molecule has 0 radical (unpaired) electrons. The lowest BCUT2D eigenvalue weighted by atomic mass is 10.1. The molecule has 0 unspecified atom stereocenters. The fraction of sp³-hybridized carbons (Fsp3) is 0.154. The molecule has 0 amide bonds. The fourth-order valence-corrected chi connectivity index (χ4v) is 2.00. The molecule has 0 atom stereocenters. The smallest absolute Gasteiger partial charge is 0.316 e. The molecule has 0 spiro atoms. The van der Waals surface area contributed by atoms with Crippen LogP contribution in [0.25, 0.3) is 0 Å². The SMILES string of the molecule is Cn1ccn(Cc2ccccc2C(N)=S)c(=O)c1=O. The molecule has 0 aliphatic carbocycles. The number of hydrogen-bond acceptors (Lipinski definition) is 3. The number of benzene rings is 1. The van der Waals surface area contributed by atoms with Gasteiger partial charge in [-0.2, -0.15) is 0 Å². The molecule has 0 aliphatic rings. The first-order valence-electron chi connectivity index (χ1n) is 5.64. The first-order chi connectivity index (χ1) is 9.00. The van der Waals surface area contributed by atoms with Gasteiger partial charge in [-0.25, -0.2) is 0 Å². The highest BCUT2D eigenvalue weighted by molar-refractivity contribution is 7.80. The van der Waals surface area contributed by atoms with Gasteiger partial charge in [0, 0.05) is 25.0 Å². The van der Waals surface area contributed by atoms with E-state index in [9.17, 15) is 9.59 Å². The van der Waals surface area contributed by atoms with Crippen LogP contribution >= 0.6 is 12.2 Å². The molecule has 98 valence electrons. The first kappa shape index (κ1) is 13.2. The van der Waals surface area contributed by atoms with Crippen LogP contribution in [0, 0.1) is 0 Å². The van der Waals surface area contributed by atoms with Gasteiger partial charge in [0.2, 0.25) is 0 Å². The maximum absolute atomic E-state index is 11.8. The van der Waals surface area contributed by atoms with E-state index < -0.39 is 11.1 Å². The molecule has 2 N–H and O–H groups in total. The highest BCUT2D eigenvalue weighted by Crippen LogP contribution is 2.09. The van der Waals surface area contributed by atoms with E-state index in [1.54, 1.807) is 18.5 Å². The van der Waals surface area contributed by atoms with E-state index in [0.29, 0.717) is 5.56 Å². The van der Waals surface area contributed by atoms with E-state index >= 15 is 0 Å². The Kier molecular flexibility index (Phi) is 3.62. The summed E-state index contributed by atoms with van der Waals surface area (Å²) in [5.74, 6) is 0. The standard InChI is InChI=1S/C13H13N3O2S/c1-15-6-7-16(13(18)12(15)17)8-9-4-2-3-5-10(9)11(14)19/h2-7H,8H2,1H3,(H2,14,19). The summed E-state index contributed by atoms with van der Waals surface area (Å²) >= 11 is 4.97. The Balaban J connectivity index is 2.49. The lowest BCUT2D eigenvalue weighted by Crippen LogP contribution is -2.39. The van der Waals surface area contributed by atoms with Gasteiger partial charge in [0.25, 0.3) is 0 Å². The van der Waals surface area contributed by atoms with Crippen molar-refractivity contribution in [1.82, 2.24) is 9.13 Å². The largest absolute Gasteiger partial charge is 0.389 e. The van der Waals surface area contributed by atoms with Crippen molar-refractivity contribution in [3.05, 3.63) is 68.5 Å². The van der Waals surface area contributed by atoms with Crippen LogP contribution in [-0.2, 0) is 13.6 Å². The average Bonchev–Trinajstić information content (AvgIpc) is 2.40. The Morgan fingerprint density at radius 2 is 1.89 bits per heavy atom. The molecule has 2 rings (SSSR count). The van der Waals surface area contributed by atoms with Crippen LogP contribution in [0.1, 0.15) is 11.1 Å². The van der Waals surface area contributed by atoms with Gasteiger partial charge in [0.15, 0.2) is 0 Å². The maximum atomic E-state index is 11.8. The summed E-state index contributed by atoms with van der Waals surface area (Å²) in [6.07, 6.45) is 3.12. The molecule has 0 fully saturated rings. The van der Waals surface area contributed by atoms with Gasteiger partial charge in [0.05, 0.1) is 6.54 Å². The van der Waals surface area contributed by atoms with Gasteiger partial charge >= 0.3 is 11.1 Å². The van der Waals surface area contributed by atoms with Gasteiger partial charge in [-0.3, -0.25) is 9.59 Å². The Labute approximate surface area is 114 Å². The topological polar surface area (TPSA) is 70.0 Å². The van der Waals surface area contributed by atoms with Crippen LogP contribution in [0.15, 0.2) is 46.2 Å². The maximum Gasteiger partial charge on any atom is 0.316 e. The molecule has 2 aromatic rings. The molecule has 19 heavy (non-hydrogen) atoms. The van der Waals surface area contributed by atoms with Crippen LogP contribution < -0.4 is 16.9 Å². The van der Waals surface area contributed by atoms with Crippen molar-refractivity contribution in [2.24, 2.45) is 12.8 Å². The molecule has 1 heterocycles. The van der Waals surface area contributed by atoms with Gasteiger partial charge < -0.3 is 14.9 Å². The Morgan fingerprint density at radius 3 is 2.58 bits per heavy atom. The van der Waals surface area contributed by atoms with Crippen molar-refractivity contribution in [3.63, 3.8) is 0 Å². The van der Waals surface area contributed by atoms with Crippen molar-refractivity contribution < 1.29 is 0 Å². The molecular formula is C13H13N3O2S. The van der Waals surface area contributed by atoms with Crippen molar-refractivity contribution in [2.75, 3.05) is 0 Å². The minimum absolute atomic E-state index is 0.266. The summed E-state index contributed by atoms with van der Waals surface area (Å²) in [7, 11) is 1.54. The minimum atomic E-state index is -0.567. The van der Waals surface area contributed by atoms with Crippen molar-refractivity contribution in [2.45, 2.75) is 6.54 Å². The van der Waals surface area contributed by atoms with E-state index in [1.807, 2.05) is 18.2 Å². The summed E-state index contributed by atoms with van der Waals surface area (Å²) in [4.78, 5) is 23.7. The normalized spacial score (nSPS) is 10.4. The van der Waals surface area contributed by atoms with Crippen molar-refractivity contribution in [3.8, 4) is 0 Å². The molecule has 1 aromatic heterocycles. The highest BCUT2D eigenvalue weighted by atomic mass is 32.1. The lowest BCUT2D eigenvalue weighted by Gasteiger charge is -2.10. The second-order valence-electron chi connectivity index (χ2n) is 4.17. The molecule has 0 bridgehead atoms. The summed E-state index contributed by atoms with van der Waals surface area (Å²) < 4.78 is 2.59. The second-order valence-corrected chi connectivity index (χ2v) is 4.61. The van der Waals surface area contributed by atoms with Crippen LogP contribution in [0.4, 0.5) is 0 Å². The van der Waals surface area contributed by atoms with Gasteiger partial charge in [-0.15, -0.1) is 0 Å². The molecule has 1 aromatic carbocycles. The molecule has 5 nitrogen and oxygen atoms in total. The molecule has 0 aliphatic heterocycles. The van der Waals surface area contributed by atoms with E-state index in [2.05, 4.69) is 0 Å². The highest BCUT2D eigenvalue weighted by Gasteiger charge is 2.07. The molecule has 0 saturated carbocycles. The quantitative estimate of drug-likeness (QED) is 0.643. The third-order valence-corrected chi connectivity index (χ3v) is 3.08. The van der Waals surface area contributed by atoms with Gasteiger partial charge in [-0.05, 0) is 5.56 Å². The molecule has 6 heteroatoms. The number of rotatable bonds is 3. The summed E-state index contributed by atoms with van der Waals surface area (Å²) in [6.45, 7) is 0.266. The number of nitrogens with zero attached hydrogens (tertiary/aromatic N) is 2. The molecular weight excluding hydrogens is 262 g/mol. The van der Waals surface area contributed by atoms with Crippen LogP contribution in [-0.4, -0.2) is 14.1 Å². The zero-order valence-corrected chi connectivity index (χ0v) is 11.2. The predicted molar refractivity (Wildman–Crippen MR) is 77.4 cm³/mol. The molecule has 0 saturated heterocycles. The Hall–Kier alpha value is -2.21. The van der Waals surface area contributed by atoms with Crippen LogP contribution in [0.3, 0.4) is 0 Å². The number of nitrogens with two attached hydrogens (primary N) is 1. The van der Waals surface area contributed by atoms with E-state index in [-0.39, 0.29) is 11.5 Å². The lowest BCUT2D eigenvalue weighted by molar-refractivity contribution is 0.694. The second kappa shape index (κ2) is 5.19. The minimum Gasteiger partial charge on any atom is -0.389 e. The number of aromatic nitrogens is 2. The van der Waals surface area contributed by atoms with Crippen LogP contribution in [0.5, 0.6) is 0 Å². The van der Waals surface area contributed by atoms with Crippen molar-refractivity contribution >= 4 is 17.2 Å². The van der Waals surface area contributed by atoms with Crippen LogP contribution in [0.2, 0.25) is 0 Å². The number of aryl methyl sites for hydroxylation is 1. The zero-order valence-electron chi connectivity index (χ0n) is 10.4. The first-order valence-corrected chi connectivity index (χ1v) is 6.05. The van der Waals surface area contributed by atoms with Gasteiger partial charge in [-0.1, -0.05) is 36.5 Å². The summed E-state index contributed by atoms with van der Waals surface area (Å²) in [5, 5.41) is 0. The third kappa shape index (κ3) is 2.63. The van der Waals surface area contributed by atoms with Crippen molar-refractivity contribution in [1.29, 1.82) is 0 Å². The predicted octanol–water partition coefficient (Wildman–Crippen LogP) is 0.229.